The molecule has 4 nitrogen and oxygen atoms in total. The zero-order valence-electron chi connectivity index (χ0n) is 13.1. The van der Waals surface area contributed by atoms with Crippen LogP contribution in [0.5, 0.6) is 0 Å². The fourth-order valence-corrected chi connectivity index (χ4v) is 3.42. The number of aromatic amines is 1. The topological polar surface area (TPSA) is 57.9 Å². The third kappa shape index (κ3) is 2.81. The first-order valence-electron chi connectivity index (χ1n) is 7.69. The minimum Gasteiger partial charge on any atom is -0.354 e. The number of nitrogens with two attached hydrogens (primary N) is 1. The van der Waals surface area contributed by atoms with Crippen LogP contribution in [0.1, 0.15) is 29.5 Å². The summed E-state index contributed by atoms with van der Waals surface area (Å²) in [4.78, 5) is 2.28. The summed E-state index contributed by atoms with van der Waals surface area (Å²) in [6, 6.07) is 6.86. The Balaban J connectivity index is 1.92. The molecule has 2 heterocycles. The summed E-state index contributed by atoms with van der Waals surface area (Å²) in [5.41, 5.74) is 12.3. The number of aryl methyl sites for hydroxylation is 3. The molecule has 2 aromatic rings. The fraction of sp³-hybridized carbons (Fsp3) is 0.471. The van der Waals surface area contributed by atoms with E-state index in [2.05, 4.69) is 54.1 Å². The number of H-pyrrole nitrogens is 1. The van der Waals surface area contributed by atoms with Gasteiger partial charge in [-0.3, -0.25) is 5.10 Å². The van der Waals surface area contributed by atoms with Gasteiger partial charge in [0, 0.05) is 30.8 Å². The lowest BCUT2D eigenvalue weighted by molar-refractivity contribution is 0.503. The molecule has 1 atom stereocenters. The van der Waals surface area contributed by atoms with Crippen molar-refractivity contribution in [2.75, 3.05) is 18.0 Å². The van der Waals surface area contributed by atoms with Gasteiger partial charge in [-0.25, -0.2) is 0 Å². The standard InChI is InChI=1S/C17H24N4/c1-11-7-12(2)17(13(3)8-11)15-9-16(20-19-15)21-6-4-5-14(18)10-21/h7-9,14H,4-6,10,18H2,1-3H3,(H,19,20). The fourth-order valence-electron chi connectivity index (χ4n) is 3.42. The van der Waals surface area contributed by atoms with Crippen molar-refractivity contribution in [2.24, 2.45) is 5.73 Å². The Kier molecular flexibility index (Phi) is 3.72. The SMILES string of the molecule is Cc1cc(C)c(-c2cc(N3CCCC(N)C3)n[nH]2)c(C)c1. The van der Waals surface area contributed by atoms with Gasteiger partial charge in [-0.2, -0.15) is 5.10 Å². The molecule has 0 saturated carbocycles. The summed E-state index contributed by atoms with van der Waals surface area (Å²) >= 11 is 0. The van der Waals surface area contributed by atoms with E-state index in [1.165, 1.54) is 22.3 Å². The van der Waals surface area contributed by atoms with Gasteiger partial charge in [0.15, 0.2) is 5.82 Å². The van der Waals surface area contributed by atoms with Crippen molar-refractivity contribution in [1.29, 1.82) is 0 Å². The largest absolute Gasteiger partial charge is 0.354 e. The van der Waals surface area contributed by atoms with Gasteiger partial charge in [0.25, 0.3) is 0 Å². The molecule has 1 aliphatic rings. The van der Waals surface area contributed by atoms with Gasteiger partial charge < -0.3 is 10.6 Å². The lowest BCUT2D eigenvalue weighted by Gasteiger charge is -2.30. The maximum Gasteiger partial charge on any atom is 0.151 e. The Labute approximate surface area is 126 Å². The molecule has 1 fully saturated rings. The number of hydrogen-bond donors (Lipinski definition) is 2. The molecular formula is C17H24N4. The van der Waals surface area contributed by atoms with Crippen LogP contribution in [0.15, 0.2) is 18.2 Å². The molecule has 3 rings (SSSR count). The van der Waals surface area contributed by atoms with E-state index in [0.717, 1.165) is 37.4 Å². The maximum absolute atomic E-state index is 6.07. The van der Waals surface area contributed by atoms with E-state index in [9.17, 15) is 0 Å². The Morgan fingerprint density at radius 1 is 1.19 bits per heavy atom. The normalized spacial score (nSPS) is 19.0. The number of aromatic nitrogens is 2. The van der Waals surface area contributed by atoms with Crippen molar-refractivity contribution < 1.29 is 0 Å². The van der Waals surface area contributed by atoms with E-state index < -0.39 is 0 Å². The first kappa shape index (κ1) is 14.1. The Morgan fingerprint density at radius 3 is 2.57 bits per heavy atom. The smallest absolute Gasteiger partial charge is 0.151 e. The lowest BCUT2D eigenvalue weighted by atomic mass is 9.97. The number of benzene rings is 1. The molecule has 1 aromatic carbocycles. The number of nitrogens with one attached hydrogen (secondary N) is 1. The second-order valence-corrected chi connectivity index (χ2v) is 6.26. The average molecular weight is 284 g/mol. The molecule has 4 heteroatoms. The van der Waals surface area contributed by atoms with Crippen LogP contribution in [0.3, 0.4) is 0 Å². The summed E-state index contributed by atoms with van der Waals surface area (Å²) < 4.78 is 0. The molecule has 0 spiro atoms. The Morgan fingerprint density at radius 2 is 1.90 bits per heavy atom. The first-order chi connectivity index (χ1) is 10.0. The van der Waals surface area contributed by atoms with Gasteiger partial charge in [0.2, 0.25) is 0 Å². The van der Waals surface area contributed by atoms with Crippen LogP contribution in [0.2, 0.25) is 0 Å². The molecule has 0 radical (unpaired) electrons. The highest BCUT2D eigenvalue weighted by atomic mass is 15.3. The quantitative estimate of drug-likeness (QED) is 0.891. The molecule has 3 N–H and O–H groups in total. The summed E-state index contributed by atoms with van der Waals surface area (Å²) in [6.07, 6.45) is 2.26. The van der Waals surface area contributed by atoms with Crippen LogP contribution in [-0.2, 0) is 0 Å². The van der Waals surface area contributed by atoms with Gasteiger partial charge in [-0.05, 0) is 44.7 Å². The van der Waals surface area contributed by atoms with E-state index in [0.29, 0.717) is 0 Å². The molecule has 21 heavy (non-hydrogen) atoms. The highest BCUT2D eigenvalue weighted by molar-refractivity contribution is 5.70. The summed E-state index contributed by atoms with van der Waals surface area (Å²) in [7, 11) is 0. The Bertz CT molecular complexity index is 621. The van der Waals surface area contributed by atoms with Crippen LogP contribution < -0.4 is 10.6 Å². The van der Waals surface area contributed by atoms with E-state index in [1.54, 1.807) is 0 Å². The number of hydrogen-bond acceptors (Lipinski definition) is 3. The molecule has 1 aliphatic heterocycles. The molecule has 1 unspecified atom stereocenters. The van der Waals surface area contributed by atoms with Crippen molar-refractivity contribution in [3.8, 4) is 11.3 Å². The van der Waals surface area contributed by atoms with E-state index in [1.807, 2.05) is 0 Å². The van der Waals surface area contributed by atoms with Gasteiger partial charge in [0.1, 0.15) is 0 Å². The third-order valence-corrected chi connectivity index (χ3v) is 4.29. The van der Waals surface area contributed by atoms with Gasteiger partial charge in [0.05, 0.1) is 5.69 Å². The molecule has 0 aliphatic carbocycles. The van der Waals surface area contributed by atoms with Gasteiger partial charge >= 0.3 is 0 Å². The van der Waals surface area contributed by atoms with Crippen molar-refractivity contribution in [2.45, 2.75) is 39.7 Å². The van der Waals surface area contributed by atoms with Gasteiger partial charge in [-0.15, -0.1) is 0 Å². The molecule has 0 amide bonds. The molecular weight excluding hydrogens is 260 g/mol. The molecule has 112 valence electrons. The van der Waals surface area contributed by atoms with Crippen molar-refractivity contribution >= 4 is 5.82 Å². The minimum absolute atomic E-state index is 0.266. The van der Waals surface area contributed by atoms with Crippen molar-refractivity contribution in [3.63, 3.8) is 0 Å². The van der Waals surface area contributed by atoms with E-state index >= 15 is 0 Å². The summed E-state index contributed by atoms with van der Waals surface area (Å²) in [5.74, 6) is 1.01. The van der Waals surface area contributed by atoms with Crippen LogP contribution in [0.4, 0.5) is 5.82 Å². The highest BCUT2D eigenvalue weighted by Gasteiger charge is 2.19. The number of piperidine rings is 1. The van der Waals surface area contributed by atoms with Crippen molar-refractivity contribution in [3.05, 3.63) is 34.9 Å². The monoisotopic (exact) mass is 284 g/mol. The molecule has 1 saturated heterocycles. The van der Waals surface area contributed by atoms with E-state index in [-0.39, 0.29) is 6.04 Å². The van der Waals surface area contributed by atoms with Crippen LogP contribution in [0.25, 0.3) is 11.3 Å². The molecule has 1 aromatic heterocycles. The molecule has 0 bridgehead atoms. The third-order valence-electron chi connectivity index (χ3n) is 4.29. The van der Waals surface area contributed by atoms with E-state index in [4.69, 9.17) is 5.73 Å². The minimum atomic E-state index is 0.266. The van der Waals surface area contributed by atoms with Crippen LogP contribution >= 0.6 is 0 Å². The zero-order chi connectivity index (χ0) is 15.0. The number of rotatable bonds is 2. The Hall–Kier alpha value is -1.81. The second-order valence-electron chi connectivity index (χ2n) is 6.26. The van der Waals surface area contributed by atoms with Gasteiger partial charge in [-0.1, -0.05) is 17.7 Å². The predicted molar refractivity (Wildman–Crippen MR) is 87.7 cm³/mol. The number of anilines is 1. The highest BCUT2D eigenvalue weighted by Crippen LogP contribution is 2.29. The summed E-state index contributed by atoms with van der Waals surface area (Å²) in [5, 5.41) is 7.70. The number of nitrogens with zero attached hydrogens (tertiary/aromatic N) is 2. The second kappa shape index (κ2) is 5.53. The summed E-state index contributed by atoms with van der Waals surface area (Å²) in [6.45, 7) is 8.40. The van der Waals surface area contributed by atoms with Crippen molar-refractivity contribution in [1.82, 2.24) is 10.2 Å². The average Bonchev–Trinajstić information content (AvgIpc) is 2.87. The first-order valence-corrected chi connectivity index (χ1v) is 7.69. The maximum atomic E-state index is 6.07. The predicted octanol–water partition coefficient (Wildman–Crippen LogP) is 2.93. The zero-order valence-corrected chi connectivity index (χ0v) is 13.1. The van der Waals surface area contributed by atoms with Crippen LogP contribution in [-0.4, -0.2) is 29.3 Å². The lowest BCUT2D eigenvalue weighted by Crippen LogP contribution is -2.43. The van der Waals surface area contributed by atoms with Crippen LogP contribution in [0, 0.1) is 20.8 Å².